The largest absolute Gasteiger partial charge is 0.550 e. The van der Waals surface area contributed by atoms with E-state index in [2.05, 4.69) is 46.7 Å². The van der Waals surface area contributed by atoms with Crippen LogP contribution in [0.15, 0.2) is 48.5 Å². The lowest BCUT2D eigenvalue weighted by Gasteiger charge is -2.22. The second kappa shape index (κ2) is 7.07. The number of hydrogen-bond acceptors (Lipinski definition) is 2. The molecule has 3 N–H and O–H groups in total. The Bertz CT molecular complexity index is 869. The fraction of sp³-hybridized carbons (Fsp3) is 0.211. The van der Waals surface area contributed by atoms with E-state index < -0.39 is 5.97 Å². The first-order chi connectivity index (χ1) is 11.6. The van der Waals surface area contributed by atoms with E-state index in [0.29, 0.717) is 0 Å². The average Bonchev–Trinajstić information content (AvgIpc) is 2.94. The van der Waals surface area contributed by atoms with Crippen LogP contribution in [-0.2, 0) is 11.2 Å². The summed E-state index contributed by atoms with van der Waals surface area (Å²) in [5.41, 5.74) is 5.19. The molecule has 4 nitrogen and oxygen atoms in total. The number of quaternary nitrogens is 1. The molecule has 3 aromatic rings. The van der Waals surface area contributed by atoms with Crippen molar-refractivity contribution in [2.75, 3.05) is 6.54 Å². The first kappa shape index (κ1) is 16.6. The Kier molecular flexibility index (Phi) is 4.88. The number of aromatic amines is 1. The summed E-state index contributed by atoms with van der Waals surface area (Å²) in [6.45, 7) is 2.07. The molecule has 2 heterocycles. The number of H-pyrrole nitrogens is 1. The smallest absolute Gasteiger partial charge is 0.154 e. The van der Waals surface area contributed by atoms with Gasteiger partial charge in [0.05, 0.1) is 17.3 Å². The van der Waals surface area contributed by atoms with Crippen LogP contribution in [0.2, 0.25) is 5.02 Å². The summed E-state index contributed by atoms with van der Waals surface area (Å²) < 4.78 is 0. The summed E-state index contributed by atoms with van der Waals surface area (Å²) in [5.74, 6) is -1.08. The Morgan fingerprint density at radius 3 is 2.62 bits per heavy atom. The van der Waals surface area contributed by atoms with E-state index >= 15 is 0 Å². The monoisotopic (exact) mass is 342 g/mol. The highest BCUT2D eigenvalue weighted by Crippen LogP contribution is 2.32. The first-order valence-electron chi connectivity index (χ1n) is 7.92. The Hall–Kier alpha value is -2.30. The average molecular weight is 343 g/mol. The van der Waals surface area contributed by atoms with Crippen molar-refractivity contribution in [1.82, 2.24) is 4.98 Å². The third-order valence-corrected chi connectivity index (χ3v) is 4.54. The highest BCUT2D eigenvalue weighted by molar-refractivity contribution is 6.31. The number of carbonyl (C=O) groups is 1. The minimum Gasteiger partial charge on any atom is -0.550 e. The van der Waals surface area contributed by atoms with Crippen LogP contribution in [-0.4, -0.2) is 17.5 Å². The van der Waals surface area contributed by atoms with Gasteiger partial charge in [-0.05, 0) is 24.6 Å². The number of aromatic nitrogens is 1. The molecule has 1 aliphatic rings. The molecule has 0 fully saturated rings. The fourth-order valence-corrected chi connectivity index (χ4v) is 3.53. The minimum atomic E-state index is -1.08. The van der Waals surface area contributed by atoms with Gasteiger partial charge in [-0.3, -0.25) is 0 Å². The molecule has 5 heteroatoms. The number of benzene rings is 2. The van der Waals surface area contributed by atoms with Crippen LogP contribution in [0, 0.1) is 0 Å². The second-order valence-corrected chi connectivity index (χ2v) is 6.24. The molecule has 4 rings (SSSR count). The van der Waals surface area contributed by atoms with Crippen molar-refractivity contribution >= 4 is 28.5 Å². The zero-order valence-corrected chi connectivity index (χ0v) is 14.1. The molecule has 0 amide bonds. The molecule has 1 atom stereocenters. The van der Waals surface area contributed by atoms with Crippen LogP contribution in [0.4, 0.5) is 0 Å². The van der Waals surface area contributed by atoms with E-state index in [-0.39, 0.29) is 6.04 Å². The molecule has 0 radical (unpaired) electrons. The number of carboxylic acids is 1. The van der Waals surface area contributed by atoms with Crippen molar-refractivity contribution < 1.29 is 15.2 Å². The minimum absolute atomic E-state index is 0.278. The van der Waals surface area contributed by atoms with Gasteiger partial charge in [-0.1, -0.05) is 48.0 Å². The first-order valence-corrected chi connectivity index (χ1v) is 8.30. The third-order valence-electron chi connectivity index (χ3n) is 4.19. The molecular formula is C19H19ClN2O2. The number of para-hydroxylation sites is 1. The molecule has 124 valence electrons. The van der Waals surface area contributed by atoms with Gasteiger partial charge < -0.3 is 20.2 Å². The number of nitrogens with one attached hydrogen (secondary N) is 1. The summed E-state index contributed by atoms with van der Waals surface area (Å²) in [6, 6.07) is 17.0. The number of hydrogen-bond donors (Lipinski definition) is 2. The number of carboxylic acid groups (broad SMARTS) is 1. The molecule has 0 bridgehead atoms. The van der Waals surface area contributed by atoms with E-state index in [0.717, 1.165) is 24.9 Å². The lowest BCUT2D eigenvalue weighted by Crippen LogP contribution is -2.87. The van der Waals surface area contributed by atoms with E-state index in [1.165, 1.54) is 27.7 Å². The maximum absolute atomic E-state index is 8.89. The van der Waals surface area contributed by atoms with E-state index in [9.17, 15) is 0 Å². The molecule has 1 unspecified atom stereocenters. The normalized spacial score (nSPS) is 16.2. The summed E-state index contributed by atoms with van der Waals surface area (Å²) in [6.07, 6.45) is 1.11. The molecule has 0 aliphatic carbocycles. The molecule has 0 saturated carbocycles. The number of rotatable bonds is 1. The van der Waals surface area contributed by atoms with Gasteiger partial charge in [-0.2, -0.15) is 0 Å². The summed E-state index contributed by atoms with van der Waals surface area (Å²) >= 11 is 6.39. The molecule has 24 heavy (non-hydrogen) atoms. The number of nitrogens with two attached hydrogens (primary N) is 1. The highest BCUT2D eigenvalue weighted by atomic mass is 35.5. The lowest BCUT2D eigenvalue weighted by molar-refractivity contribution is -0.690. The molecule has 1 aromatic heterocycles. The fourth-order valence-electron chi connectivity index (χ4n) is 3.28. The van der Waals surface area contributed by atoms with Crippen molar-refractivity contribution in [3.63, 3.8) is 0 Å². The predicted molar refractivity (Wildman–Crippen MR) is 92.8 cm³/mol. The highest BCUT2D eigenvalue weighted by Gasteiger charge is 2.29. The van der Waals surface area contributed by atoms with Gasteiger partial charge in [-0.15, -0.1) is 0 Å². The third kappa shape index (κ3) is 3.30. The molecular weight excluding hydrogens is 324 g/mol. The van der Waals surface area contributed by atoms with Crippen molar-refractivity contribution in [2.45, 2.75) is 19.4 Å². The zero-order chi connectivity index (χ0) is 17.1. The summed E-state index contributed by atoms with van der Waals surface area (Å²) in [5, 5.41) is 13.5. The van der Waals surface area contributed by atoms with Crippen molar-refractivity contribution in [3.8, 4) is 0 Å². The standard InChI is InChI=1S/C17H15ClN2.C2H4O2/c18-14-7-3-1-6-13(14)16-17-12(9-10-19-16)11-5-2-4-8-15(11)20-17;1-2(3)4/h1-8,16,19-20H,9-10H2;1H3,(H,3,4). The van der Waals surface area contributed by atoms with Crippen molar-refractivity contribution in [3.05, 3.63) is 70.4 Å². The van der Waals surface area contributed by atoms with E-state index in [4.69, 9.17) is 21.5 Å². The van der Waals surface area contributed by atoms with Crippen LogP contribution >= 0.6 is 11.6 Å². The van der Waals surface area contributed by atoms with Crippen LogP contribution in [0.5, 0.6) is 0 Å². The topological polar surface area (TPSA) is 72.5 Å². The molecule has 2 aromatic carbocycles. The summed E-state index contributed by atoms with van der Waals surface area (Å²) in [7, 11) is 0. The lowest BCUT2D eigenvalue weighted by atomic mass is 9.94. The maximum Gasteiger partial charge on any atom is 0.154 e. The summed E-state index contributed by atoms with van der Waals surface area (Å²) in [4.78, 5) is 12.5. The van der Waals surface area contributed by atoms with Crippen LogP contribution in [0.1, 0.15) is 29.8 Å². The SMILES string of the molecule is CC(=O)[O-].Clc1ccccc1C1[NH2+]CCc2c1[nH]c1ccccc21. The Morgan fingerprint density at radius 1 is 1.21 bits per heavy atom. The van der Waals surface area contributed by atoms with Gasteiger partial charge >= 0.3 is 0 Å². The zero-order valence-electron chi connectivity index (χ0n) is 13.4. The molecule has 0 saturated heterocycles. The second-order valence-electron chi connectivity index (χ2n) is 5.83. The van der Waals surface area contributed by atoms with Gasteiger partial charge in [0.25, 0.3) is 0 Å². The van der Waals surface area contributed by atoms with Gasteiger partial charge in [-0.25, -0.2) is 0 Å². The quantitative estimate of drug-likeness (QED) is 0.707. The van der Waals surface area contributed by atoms with Gasteiger partial charge in [0.15, 0.2) is 6.04 Å². The Balaban J connectivity index is 0.000000383. The Morgan fingerprint density at radius 2 is 1.88 bits per heavy atom. The maximum atomic E-state index is 8.89. The van der Waals surface area contributed by atoms with Crippen LogP contribution in [0.3, 0.4) is 0 Å². The van der Waals surface area contributed by atoms with Gasteiger partial charge in [0.1, 0.15) is 0 Å². The van der Waals surface area contributed by atoms with Gasteiger partial charge in [0, 0.05) is 28.9 Å². The number of carbonyl (C=O) groups excluding carboxylic acids is 1. The van der Waals surface area contributed by atoms with E-state index in [1.54, 1.807) is 0 Å². The number of fused-ring (bicyclic) bond motifs is 3. The van der Waals surface area contributed by atoms with Crippen molar-refractivity contribution in [2.24, 2.45) is 0 Å². The van der Waals surface area contributed by atoms with Crippen LogP contribution in [0.25, 0.3) is 10.9 Å². The van der Waals surface area contributed by atoms with Gasteiger partial charge in [0.2, 0.25) is 0 Å². The van der Waals surface area contributed by atoms with Crippen LogP contribution < -0.4 is 10.4 Å². The number of aliphatic carboxylic acids is 1. The molecule has 1 aliphatic heterocycles. The predicted octanol–water partition coefficient (Wildman–Crippen LogP) is 1.79. The number of halogens is 1. The van der Waals surface area contributed by atoms with E-state index in [1.807, 2.05) is 12.1 Å². The molecule has 0 spiro atoms. The Labute approximate surface area is 145 Å². The van der Waals surface area contributed by atoms with Crippen molar-refractivity contribution in [1.29, 1.82) is 0 Å².